The van der Waals surface area contributed by atoms with Crippen LogP contribution in [0.1, 0.15) is 25.5 Å². The third-order valence-corrected chi connectivity index (χ3v) is 1.91. The van der Waals surface area contributed by atoms with Gasteiger partial charge in [0.05, 0.1) is 12.2 Å². The maximum atomic E-state index is 5.72. The number of aromatic nitrogens is 2. The fourth-order valence-corrected chi connectivity index (χ4v) is 0.897. The van der Waals surface area contributed by atoms with E-state index >= 15 is 0 Å². The minimum absolute atomic E-state index is 0.147. The lowest BCUT2D eigenvalue weighted by Crippen LogP contribution is -2.27. The van der Waals surface area contributed by atoms with Gasteiger partial charge in [-0.25, -0.2) is 0 Å². The topological polar surface area (TPSA) is 43.8 Å². The van der Waals surface area contributed by atoms with Crippen LogP contribution < -0.4 is 5.73 Å². The van der Waals surface area contributed by atoms with Crippen LogP contribution in [-0.2, 0) is 0 Å². The molecule has 1 rings (SSSR count). The van der Waals surface area contributed by atoms with Crippen LogP contribution in [0.2, 0.25) is 0 Å². The Morgan fingerprint density at radius 3 is 2.55 bits per heavy atom. The first kappa shape index (κ1) is 8.27. The predicted molar refractivity (Wildman–Crippen MR) is 45.3 cm³/mol. The van der Waals surface area contributed by atoms with E-state index in [2.05, 4.69) is 12.0 Å². The van der Waals surface area contributed by atoms with Gasteiger partial charge in [0.15, 0.2) is 0 Å². The Kier molecular flexibility index (Phi) is 2.29. The van der Waals surface area contributed by atoms with Crippen molar-refractivity contribution in [3.8, 4) is 0 Å². The van der Waals surface area contributed by atoms with Crippen LogP contribution in [0.4, 0.5) is 0 Å². The Morgan fingerprint density at radius 1 is 1.55 bits per heavy atom. The maximum absolute atomic E-state index is 5.72. The van der Waals surface area contributed by atoms with Gasteiger partial charge in [-0.2, -0.15) is 5.10 Å². The molecule has 0 radical (unpaired) electrons. The van der Waals surface area contributed by atoms with Crippen molar-refractivity contribution in [2.24, 2.45) is 5.73 Å². The zero-order chi connectivity index (χ0) is 8.43. The third-order valence-electron chi connectivity index (χ3n) is 1.91. The molecule has 0 aliphatic rings. The summed E-state index contributed by atoms with van der Waals surface area (Å²) in [6.07, 6.45) is 3.85. The van der Waals surface area contributed by atoms with Crippen molar-refractivity contribution in [2.45, 2.75) is 32.9 Å². The van der Waals surface area contributed by atoms with Gasteiger partial charge in [0.1, 0.15) is 0 Å². The van der Waals surface area contributed by atoms with Crippen molar-refractivity contribution in [1.29, 1.82) is 0 Å². The molecule has 1 heterocycles. The van der Waals surface area contributed by atoms with Crippen LogP contribution in [0.3, 0.4) is 0 Å². The van der Waals surface area contributed by atoms with Crippen LogP contribution in [0.5, 0.6) is 0 Å². The Labute approximate surface area is 67.2 Å². The summed E-state index contributed by atoms with van der Waals surface area (Å²) in [6.45, 7) is 6.08. The third kappa shape index (κ3) is 1.80. The lowest BCUT2D eigenvalue weighted by molar-refractivity contribution is 0.425. The van der Waals surface area contributed by atoms with Gasteiger partial charge in [-0.05, 0) is 26.3 Å². The van der Waals surface area contributed by atoms with E-state index in [0.29, 0.717) is 0 Å². The van der Waals surface area contributed by atoms with Crippen molar-refractivity contribution >= 4 is 0 Å². The number of nitrogens with two attached hydrogens (primary N) is 1. The van der Waals surface area contributed by atoms with Gasteiger partial charge in [0.25, 0.3) is 0 Å². The average molecular weight is 153 g/mol. The molecular weight excluding hydrogens is 138 g/mol. The quantitative estimate of drug-likeness (QED) is 0.691. The summed E-state index contributed by atoms with van der Waals surface area (Å²) in [5, 5.41) is 4.17. The molecule has 0 unspecified atom stereocenters. The fourth-order valence-electron chi connectivity index (χ4n) is 0.897. The summed E-state index contributed by atoms with van der Waals surface area (Å²) in [6, 6.07) is 0.429. The Bertz CT molecular complexity index is 227. The Morgan fingerprint density at radius 2 is 2.18 bits per heavy atom. The molecule has 62 valence electrons. The second-order valence-electron chi connectivity index (χ2n) is 3.10. The zero-order valence-electron chi connectivity index (χ0n) is 7.28. The monoisotopic (exact) mass is 153 g/mol. The van der Waals surface area contributed by atoms with Gasteiger partial charge < -0.3 is 5.73 Å². The summed E-state index contributed by atoms with van der Waals surface area (Å²) in [5.74, 6) is 0. The van der Waals surface area contributed by atoms with E-state index < -0.39 is 0 Å². The number of aryl methyl sites for hydroxylation is 1. The molecule has 0 spiro atoms. The van der Waals surface area contributed by atoms with E-state index in [0.717, 1.165) is 0 Å². The lowest BCUT2D eigenvalue weighted by Gasteiger charge is -2.15. The van der Waals surface area contributed by atoms with E-state index in [9.17, 15) is 0 Å². The molecule has 1 aromatic heterocycles. The first-order chi connectivity index (χ1) is 5.11. The van der Waals surface area contributed by atoms with Gasteiger partial charge in [0.2, 0.25) is 0 Å². The van der Waals surface area contributed by atoms with Gasteiger partial charge >= 0.3 is 0 Å². The molecule has 0 fully saturated rings. The van der Waals surface area contributed by atoms with Crippen LogP contribution >= 0.6 is 0 Å². The standard InChI is InChI=1S/C8H15N3/c1-6-4-10-11(5-6)8(3)7(2)9/h4-5,7-8H,9H2,1-3H3/t7-,8+/m1/s1. The van der Waals surface area contributed by atoms with Gasteiger partial charge in [-0.3, -0.25) is 4.68 Å². The normalized spacial score (nSPS) is 16.4. The minimum Gasteiger partial charge on any atom is -0.326 e. The van der Waals surface area contributed by atoms with Crippen molar-refractivity contribution in [3.05, 3.63) is 18.0 Å². The molecule has 0 aromatic carbocycles. The van der Waals surface area contributed by atoms with E-state index in [-0.39, 0.29) is 12.1 Å². The first-order valence-corrected chi connectivity index (χ1v) is 3.87. The molecule has 1 aromatic rings. The molecule has 11 heavy (non-hydrogen) atoms. The molecule has 3 heteroatoms. The number of hydrogen-bond acceptors (Lipinski definition) is 2. The summed E-state index contributed by atoms with van der Waals surface area (Å²) in [7, 11) is 0. The van der Waals surface area contributed by atoms with Crippen molar-refractivity contribution < 1.29 is 0 Å². The summed E-state index contributed by atoms with van der Waals surface area (Å²) >= 11 is 0. The van der Waals surface area contributed by atoms with E-state index in [1.54, 1.807) is 0 Å². The minimum atomic E-state index is 0.147. The number of nitrogens with zero attached hydrogens (tertiary/aromatic N) is 2. The Hall–Kier alpha value is -0.830. The molecule has 0 aliphatic carbocycles. The van der Waals surface area contributed by atoms with Crippen molar-refractivity contribution in [2.75, 3.05) is 0 Å². The highest BCUT2D eigenvalue weighted by atomic mass is 15.3. The maximum Gasteiger partial charge on any atom is 0.0639 e. The average Bonchev–Trinajstić information content (AvgIpc) is 2.34. The molecule has 0 amide bonds. The molecule has 0 bridgehead atoms. The molecule has 0 aliphatic heterocycles. The highest BCUT2D eigenvalue weighted by molar-refractivity contribution is 5.00. The van der Waals surface area contributed by atoms with Crippen molar-refractivity contribution in [3.63, 3.8) is 0 Å². The van der Waals surface area contributed by atoms with Crippen LogP contribution in [0.25, 0.3) is 0 Å². The summed E-state index contributed by atoms with van der Waals surface area (Å²) in [5.41, 5.74) is 6.89. The molecule has 2 N–H and O–H groups in total. The molecule has 3 nitrogen and oxygen atoms in total. The van der Waals surface area contributed by atoms with E-state index in [1.165, 1.54) is 5.56 Å². The molecular formula is C8H15N3. The van der Waals surface area contributed by atoms with Crippen LogP contribution in [0.15, 0.2) is 12.4 Å². The van der Waals surface area contributed by atoms with Crippen molar-refractivity contribution in [1.82, 2.24) is 9.78 Å². The predicted octanol–water partition coefficient (Wildman–Crippen LogP) is 1.10. The van der Waals surface area contributed by atoms with Gasteiger partial charge in [0, 0.05) is 12.2 Å². The second-order valence-corrected chi connectivity index (χ2v) is 3.10. The Balaban J connectivity index is 2.76. The van der Waals surface area contributed by atoms with Crippen LogP contribution in [0, 0.1) is 6.92 Å². The lowest BCUT2D eigenvalue weighted by atomic mass is 10.2. The van der Waals surface area contributed by atoms with Crippen LogP contribution in [-0.4, -0.2) is 15.8 Å². The second kappa shape index (κ2) is 3.05. The number of hydrogen-bond donors (Lipinski definition) is 1. The van der Waals surface area contributed by atoms with E-state index in [1.807, 2.05) is 30.9 Å². The zero-order valence-corrected chi connectivity index (χ0v) is 7.28. The molecule has 0 saturated carbocycles. The summed E-state index contributed by atoms with van der Waals surface area (Å²) in [4.78, 5) is 0. The highest BCUT2D eigenvalue weighted by Crippen LogP contribution is 2.08. The summed E-state index contributed by atoms with van der Waals surface area (Å²) < 4.78 is 1.90. The largest absolute Gasteiger partial charge is 0.326 e. The van der Waals surface area contributed by atoms with Gasteiger partial charge in [-0.15, -0.1) is 0 Å². The number of rotatable bonds is 2. The SMILES string of the molecule is Cc1cnn([C@@H](C)[C@@H](C)N)c1. The van der Waals surface area contributed by atoms with E-state index in [4.69, 9.17) is 5.73 Å². The smallest absolute Gasteiger partial charge is 0.0639 e. The molecule has 2 atom stereocenters. The fraction of sp³-hybridized carbons (Fsp3) is 0.625. The van der Waals surface area contributed by atoms with Gasteiger partial charge in [-0.1, -0.05) is 0 Å². The first-order valence-electron chi connectivity index (χ1n) is 3.87. The molecule has 0 saturated heterocycles. The highest BCUT2D eigenvalue weighted by Gasteiger charge is 2.09.